The minimum absolute atomic E-state index is 0.0193. The van der Waals surface area contributed by atoms with Crippen LogP contribution >= 0.6 is 0 Å². The molecule has 1 atom stereocenters. The van der Waals surface area contributed by atoms with Crippen LogP contribution in [0.25, 0.3) is 0 Å². The monoisotopic (exact) mass is 279 g/mol. The number of carboxylic acids is 1. The second-order valence-corrected chi connectivity index (χ2v) is 4.69. The van der Waals surface area contributed by atoms with Gasteiger partial charge in [-0.05, 0) is 24.5 Å². The maximum atomic E-state index is 12.0. The Balaban J connectivity index is 2.27. The summed E-state index contributed by atoms with van der Waals surface area (Å²) in [5.41, 5.74) is 1.54. The first-order valence-electron chi connectivity index (χ1n) is 6.32. The van der Waals surface area contributed by atoms with Gasteiger partial charge < -0.3 is 19.9 Å². The second kappa shape index (κ2) is 5.81. The number of methoxy groups -OCH3 is 2. The Hall–Kier alpha value is -2.24. The number of amides is 1. The minimum atomic E-state index is -0.896. The van der Waals surface area contributed by atoms with E-state index in [-0.39, 0.29) is 18.2 Å². The van der Waals surface area contributed by atoms with Crippen LogP contribution in [0.3, 0.4) is 0 Å². The predicted molar refractivity (Wildman–Crippen MR) is 72.2 cm³/mol. The average molecular weight is 279 g/mol. The van der Waals surface area contributed by atoms with Crippen molar-refractivity contribution >= 4 is 17.6 Å². The summed E-state index contributed by atoms with van der Waals surface area (Å²) in [6.45, 7) is 0. The Morgan fingerprint density at radius 2 is 2.15 bits per heavy atom. The topological polar surface area (TPSA) is 84.9 Å². The maximum absolute atomic E-state index is 12.0. The molecule has 0 radical (unpaired) electrons. The van der Waals surface area contributed by atoms with E-state index < -0.39 is 5.97 Å². The molecule has 6 heteroatoms. The first kappa shape index (κ1) is 14.2. The average Bonchev–Trinajstić information content (AvgIpc) is 2.43. The van der Waals surface area contributed by atoms with Gasteiger partial charge in [0.1, 0.15) is 11.5 Å². The summed E-state index contributed by atoms with van der Waals surface area (Å²) in [5.74, 6) is -0.206. The molecule has 108 valence electrons. The van der Waals surface area contributed by atoms with E-state index in [1.807, 2.05) is 6.07 Å². The van der Waals surface area contributed by atoms with E-state index >= 15 is 0 Å². The van der Waals surface area contributed by atoms with Gasteiger partial charge in [-0.1, -0.05) is 0 Å². The predicted octanol–water partition coefficient (Wildman–Crippen LogP) is 1.68. The molecular formula is C14H17NO5. The number of benzene rings is 1. The SMILES string of the molecule is COc1cc2c(c(OC)c1)NC(=O)C(CCC(=O)O)C2. The van der Waals surface area contributed by atoms with Crippen LogP contribution in [0.5, 0.6) is 11.5 Å². The van der Waals surface area contributed by atoms with Crippen LogP contribution in [0, 0.1) is 5.92 Å². The second-order valence-electron chi connectivity index (χ2n) is 4.69. The Morgan fingerprint density at radius 1 is 1.40 bits per heavy atom. The number of aliphatic carboxylic acids is 1. The summed E-state index contributed by atoms with van der Waals surface area (Å²) in [5, 5.41) is 11.5. The molecule has 1 amide bonds. The summed E-state index contributed by atoms with van der Waals surface area (Å²) in [4.78, 5) is 22.6. The fraction of sp³-hybridized carbons (Fsp3) is 0.429. The standard InChI is InChI=1S/C14H17NO5/c1-19-10-6-9-5-8(3-4-12(16)17)14(18)15-13(9)11(7-10)20-2/h6-8H,3-5H2,1-2H3,(H,15,18)(H,16,17). The van der Waals surface area contributed by atoms with Gasteiger partial charge in [-0.2, -0.15) is 0 Å². The molecule has 0 fully saturated rings. The highest BCUT2D eigenvalue weighted by Gasteiger charge is 2.29. The van der Waals surface area contributed by atoms with Gasteiger partial charge in [-0.15, -0.1) is 0 Å². The van der Waals surface area contributed by atoms with Crippen LogP contribution in [-0.4, -0.2) is 31.2 Å². The first-order valence-corrected chi connectivity index (χ1v) is 6.32. The first-order chi connectivity index (χ1) is 9.55. The van der Waals surface area contributed by atoms with Crippen molar-refractivity contribution in [3.63, 3.8) is 0 Å². The molecule has 0 aliphatic carbocycles. The van der Waals surface area contributed by atoms with Gasteiger partial charge in [0.2, 0.25) is 5.91 Å². The Morgan fingerprint density at radius 3 is 2.75 bits per heavy atom. The molecule has 0 spiro atoms. The molecule has 2 rings (SSSR count). The summed E-state index contributed by atoms with van der Waals surface area (Å²) < 4.78 is 10.4. The number of nitrogens with one attached hydrogen (secondary N) is 1. The molecule has 1 heterocycles. The third-order valence-corrected chi connectivity index (χ3v) is 3.40. The van der Waals surface area contributed by atoms with Gasteiger partial charge in [0.15, 0.2) is 0 Å². The number of rotatable bonds is 5. The molecule has 2 N–H and O–H groups in total. The van der Waals surface area contributed by atoms with E-state index in [9.17, 15) is 9.59 Å². The highest BCUT2D eigenvalue weighted by Crippen LogP contribution is 2.38. The highest BCUT2D eigenvalue weighted by molar-refractivity contribution is 5.97. The number of carbonyl (C=O) groups is 2. The van der Waals surface area contributed by atoms with Crippen molar-refractivity contribution in [1.82, 2.24) is 0 Å². The lowest BCUT2D eigenvalue weighted by molar-refractivity contribution is -0.137. The smallest absolute Gasteiger partial charge is 0.303 e. The molecule has 1 aromatic carbocycles. The van der Waals surface area contributed by atoms with E-state index in [1.54, 1.807) is 13.2 Å². The zero-order chi connectivity index (χ0) is 14.7. The third kappa shape index (κ3) is 2.84. The van der Waals surface area contributed by atoms with Crippen LogP contribution in [0.1, 0.15) is 18.4 Å². The molecule has 0 aromatic heterocycles. The lowest BCUT2D eigenvalue weighted by Gasteiger charge is -2.26. The molecule has 1 aliphatic rings. The number of carbonyl (C=O) groups excluding carboxylic acids is 1. The summed E-state index contributed by atoms with van der Waals surface area (Å²) in [6, 6.07) is 3.54. The summed E-state index contributed by atoms with van der Waals surface area (Å²) >= 11 is 0. The van der Waals surface area contributed by atoms with Crippen LogP contribution in [0.15, 0.2) is 12.1 Å². The normalized spacial score (nSPS) is 17.1. The van der Waals surface area contributed by atoms with E-state index in [0.717, 1.165) is 5.56 Å². The maximum Gasteiger partial charge on any atom is 0.303 e. The third-order valence-electron chi connectivity index (χ3n) is 3.40. The number of anilines is 1. The molecule has 1 unspecified atom stereocenters. The van der Waals surface area contributed by atoms with E-state index in [1.165, 1.54) is 7.11 Å². The van der Waals surface area contributed by atoms with Crippen LogP contribution in [0.2, 0.25) is 0 Å². The lowest BCUT2D eigenvalue weighted by Crippen LogP contribution is -2.30. The van der Waals surface area contributed by atoms with Gasteiger partial charge in [0, 0.05) is 18.4 Å². The van der Waals surface area contributed by atoms with Gasteiger partial charge in [0.05, 0.1) is 19.9 Å². The van der Waals surface area contributed by atoms with Crippen molar-refractivity contribution < 1.29 is 24.2 Å². The number of carboxylic acid groups (broad SMARTS) is 1. The Labute approximate surface area is 116 Å². The van der Waals surface area contributed by atoms with Gasteiger partial charge >= 0.3 is 5.97 Å². The van der Waals surface area contributed by atoms with Crippen molar-refractivity contribution in [2.75, 3.05) is 19.5 Å². The van der Waals surface area contributed by atoms with Crippen LogP contribution in [-0.2, 0) is 16.0 Å². The molecule has 0 bridgehead atoms. The molecule has 1 aliphatic heterocycles. The number of fused-ring (bicyclic) bond motifs is 1. The van der Waals surface area contributed by atoms with E-state index in [4.69, 9.17) is 14.6 Å². The number of hydrogen-bond acceptors (Lipinski definition) is 4. The van der Waals surface area contributed by atoms with Crippen molar-refractivity contribution in [3.8, 4) is 11.5 Å². The van der Waals surface area contributed by atoms with E-state index in [0.29, 0.717) is 30.0 Å². The van der Waals surface area contributed by atoms with Crippen LogP contribution < -0.4 is 14.8 Å². The van der Waals surface area contributed by atoms with Crippen molar-refractivity contribution in [1.29, 1.82) is 0 Å². The fourth-order valence-electron chi connectivity index (χ4n) is 2.34. The zero-order valence-corrected chi connectivity index (χ0v) is 11.4. The summed E-state index contributed by atoms with van der Waals surface area (Å²) in [7, 11) is 3.09. The number of ether oxygens (including phenoxy) is 2. The van der Waals surface area contributed by atoms with Crippen molar-refractivity contribution in [2.24, 2.45) is 5.92 Å². The van der Waals surface area contributed by atoms with Gasteiger partial charge in [0.25, 0.3) is 0 Å². The largest absolute Gasteiger partial charge is 0.497 e. The summed E-state index contributed by atoms with van der Waals surface area (Å²) in [6.07, 6.45) is 0.788. The zero-order valence-electron chi connectivity index (χ0n) is 11.4. The lowest BCUT2D eigenvalue weighted by atomic mass is 9.89. The Bertz CT molecular complexity index is 541. The molecule has 0 saturated heterocycles. The quantitative estimate of drug-likeness (QED) is 0.856. The van der Waals surface area contributed by atoms with Crippen molar-refractivity contribution in [3.05, 3.63) is 17.7 Å². The highest BCUT2D eigenvalue weighted by atomic mass is 16.5. The van der Waals surface area contributed by atoms with E-state index in [2.05, 4.69) is 5.32 Å². The van der Waals surface area contributed by atoms with Crippen molar-refractivity contribution in [2.45, 2.75) is 19.3 Å². The molecule has 1 aromatic rings. The molecule has 0 saturated carbocycles. The molecule has 20 heavy (non-hydrogen) atoms. The van der Waals surface area contributed by atoms with Gasteiger partial charge in [-0.25, -0.2) is 0 Å². The van der Waals surface area contributed by atoms with Gasteiger partial charge in [-0.3, -0.25) is 9.59 Å². The minimum Gasteiger partial charge on any atom is -0.497 e. The molecule has 6 nitrogen and oxygen atoms in total. The fourth-order valence-corrected chi connectivity index (χ4v) is 2.34. The molecular weight excluding hydrogens is 262 g/mol. The van der Waals surface area contributed by atoms with Crippen LogP contribution in [0.4, 0.5) is 5.69 Å². The number of hydrogen-bond donors (Lipinski definition) is 2. The Kier molecular flexibility index (Phi) is 4.12.